The molecule has 2 amide bonds. The van der Waals surface area contributed by atoms with E-state index in [0.29, 0.717) is 4.90 Å². The highest BCUT2D eigenvalue weighted by Crippen LogP contribution is 2.62. The van der Waals surface area contributed by atoms with Crippen LogP contribution in [0.15, 0.2) is 23.1 Å². The quantitative estimate of drug-likeness (QED) is 0.389. The van der Waals surface area contributed by atoms with Gasteiger partial charge in [-0.1, -0.05) is 0 Å². The Morgan fingerprint density at radius 3 is 2.48 bits per heavy atom. The molecule has 21 heavy (non-hydrogen) atoms. The average molecular weight is 366 g/mol. The van der Waals surface area contributed by atoms with Crippen molar-refractivity contribution in [1.29, 1.82) is 0 Å². The fourth-order valence-corrected chi connectivity index (χ4v) is 4.76. The Morgan fingerprint density at radius 1 is 1.38 bits per heavy atom. The minimum absolute atomic E-state index is 0.127. The summed E-state index contributed by atoms with van der Waals surface area (Å²) in [4.78, 5) is 24.0. The van der Waals surface area contributed by atoms with Crippen molar-refractivity contribution in [1.82, 2.24) is 5.32 Å². The molecule has 1 aromatic carbocycles. The second-order valence-electron chi connectivity index (χ2n) is 3.64. The topological polar surface area (TPSA) is 90.7 Å². The lowest BCUT2D eigenvalue weighted by Crippen LogP contribution is -2.25. The molecular weight excluding hydrogens is 351 g/mol. The molecule has 0 saturated heterocycles. The number of hydrogen-bond acceptors (Lipinski definition) is 7. The summed E-state index contributed by atoms with van der Waals surface area (Å²) >= 11 is 10.4. The number of nitrogens with one attached hydrogen (secondary N) is 1. The number of thiol groups is 1. The second kappa shape index (κ2) is 8.17. The van der Waals surface area contributed by atoms with Gasteiger partial charge >= 0.3 is 0 Å². The Morgan fingerprint density at radius 2 is 2.00 bits per heavy atom. The Balaban J connectivity index is 3.21. The van der Waals surface area contributed by atoms with E-state index in [0.717, 1.165) is 0 Å². The summed E-state index contributed by atoms with van der Waals surface area (Å²) in [6, 6.07) is 4.65. The molecule has 0 spiro atoms. The second-order valence-corrected chi connectivity index (χ2v) is 10.4. The molecule has 0 bridgehead atoms. The van der Waals surface area contributed by atoms with Gasteiger partial charge in [0, 0.05) is 19.1 Å². The third-order valence-corrected chi connectivity index (χ3v) is 7.91. The predicted octanol–water partition coefficient (Wildman–Crippen LogP) is 2.01. The van der Waals surface area contributed by atoms with Crippen molar-refractivity contribution in [3.63, 3.8) is 0 Å². The maximum absolute atomic E-state index is 12.0. The normalized spacial score (nSPS) is 11.2. The Bertz CT molecular complexity index is 589. The molecule has 10 heteroatoms. The van der Waals surface area contributed by atoms with Crippen LogP contribution in [0.2, 0.25) is 0 Å². The molecule has 0 aliphatic heterocycles. The largest absolute Gasteiger partial charge is 0.366 e. The summed E-state index contributed by atoms with van der Waals surface area (Å²) < 4.78 is 10.4. The van der Waals surface area contributed by atoms with Crippen LogP contribution in [0.4, 0.5) is 0 Å². The van der Waals surface area contributed by atoms with Crippen LogP contribution in [-0.2, 0) is 20.9 Å². The fourth-order valence-electron chi connectivity index (χ4n) is 1.43. The third kappa shape index (κ3) is 4.98. The number of nitrogens with two attached hydrogens (primary N) is 1. The van der Waals surface area contributed by atoms with E-state index >= 15 is 0 Å². The molecule has 0 heterocycles. The number of benzene rings is 1. The smallest absolute Gasteiger partial charge is 0.252 e. The van der Waals surface area contributed by atoms with Crippen LogP contribution in [0.5, 0.6) is 0 Å². The van der Waals surface area contributed by atoms with Crippen molar-refractivity contribution in [2.24, 2.45) is 5.73 Å². The van der Waals surface area contributed by atoms with E-state index in [1.165, 1.54) is 37.7 Å². The predicted molar refractivity (Wildman–Crippen MR) is 90.4 cm³/mol. The van der Waals surface area contributed by atoms with Crippen molar-refractivity contribution in [2.75, 3.05) is 20.1 Å². The van der Waals surface area contributed by atoms with Crippen LogP contribution in [0.1, 0.15) is 20.7 Å². The SMILES string of the molecule is COP(=S)(OC)Sc1ccc(C(N)=O)c(C(=O)NCS)c1. The van der Waals surface area contributed by atoms with Crippen LogP contribution in [0.25, 0.3) is 0 Å². The average Bonchev–Trinajstić information content (AvgIpc) is 2.47. The summed E-state index contributed by atoms with van der Waals surface area (Å²) in [7, 11) is 2.92. The van der Waals surface area contributed by atoms with Gasteiger partial charge in [-0.3, -0.25) is 9.59 Å². The number of primary amides is 1. The zero-order valence-corrected chi connectivity index (χ0v) is 14.8. The molecule has 3 N–H and O–H groups in total. The van der Waals surface area contributed by atoms with Crippen molar-refractivity contribution < 1.29 is 18.6 Å². The lowest BCUT2D eigenvalue weighted by atomic mass is 10.1. The van der Waals surface area contributed by atoms with E-state index in [9.17, 15) is 9.59 Å². The van der Waals surface area contributed by atoms with Gasteiger partial charge in [-0.2, -0.15) is 12.6 Å². The van der Waals surface area contributed by atoms with Gasteiger partial charge in [0.1, 0.15) is 0 Å². The molecule has 6 nitrogen and oxygen atoms in total. The number of carbonyl (C=O) groups excluding carboxylic acids is 2. The zero-order valence-electron chi connectivity index (χ0n) is 11.4. The first kappa shape index (κ1) is 18.5. The fraction of sp³-hybridized carbons (Fsp3) is 0.273. The zero-order chi connectivity index (χ0) is 16.0. The Labute approximate surface area is 137 Å². The van der Waals surface area contributed by atoms with Crippen LogP contribution in [-0.4, -0.2) is 31.9 Å². The van der Waals surface area contributed by atoms with Gasteiger partial charge in [-0.15, -0.1) is 0 Å². The summed E-state index contributed by atoms with van der Waals surface area (Å²) in [5.74, 6) is -0.985. The van der Waals surface area contributed by atoms with E-state index in [-0.39, 0.29) is 17.0 Å². The number of carbonyl (C=O) groups is 2. The summed E-state index contributed by atoms with van der Waals surface area (Å²) in [6.45, 7) is 0. The third-order valence-electron chi connectivity index (χ3n) is 2.41. The molecule has 116 valence electrons. The van der Waals surface area contributed by atoms with Gasteiger partial charge < -0.3 is 20.1 Å². The molecule has 0 aliphatic carbocycles. The van der Waals surface area contributed by atoms with Crippen LogP contribution >= 0.6 is 29.7 Å². The van der Waals surface area contributed by atoms with Gasteiger partial charge in [0.15, 0.2) is 0 Å². The van der Waals surface area contributed by atoms with Gasteiger partial charge in [-0.05, 0) is 41.4 Å². The molecule has 0 unspecified atom stereocenters. The van der Waals surface area contributed by atoms with Crippen LogP contribution < -0.4 is 11.1 Å². The van der Waals surface area contributed by atoms with Crippen molar-refractivity contribution in [3.05, 3.63) is 29.3 Å². The van der Waals surface area contributed by atoms with Crippen molar-refractivity contribution in [3.8, 4) is 0 Å². The Hall–Kier alpha value is -0.570. The molecule has 0 saturated carbocycles. The highest BCUT2D eigenvalue weighted by Gasteiger charge is 2.21. The minimum atomic E-state index is -2.52. The monoisotopic (exact) mass is 366 g/mol. The Kier molecular flexibility index (Phi) is 7.19. The molecule has 0 aliphatic rings. The van der Waals surface area contributed by atoms with E-state index in [4.69, 9.17) is 26.6 Å². The first-order valence-corrected chi connectivity index (χ1v) is 10.3. The molecular formula is C11H15N2O4PS3. The van der Waals surface area contributed by atoms with Gasteiger partial charge in [0.25, 0.3) is 11.6 Å². The van der Waals surface area contributed by atoms with Crippen molar-refractivity contribution in [2.45, 2.75) is 4.90 Å². The standard InChI is InChI=1S/C11H15N2O4PS3/c1-16-18(20,17-2)21-7-3-4-8(10(12)14)9(5-7)11(15)13-6-19/h3-5,19H,6H2,1-2H3,(H2,12,14)(H,13,15). The van der Waals surface area contributed by atoms with Gasteiger partial charge in [0.05, 0.1) is 17.0 Å². The first-order chi connectivity index (χ1) is 9.86. The highest BCUT2D eigenvalue weighted by atomic mass is 32.9. The molecule has 1 aromatic rings. The van der Waals surface area contributed by atoms with E-state index in [1.807, 2.05) is 0 Å². The summed E-state index contributed by atoms with van der Waals surface area (Å²) in [6.07, 6.45) is 0. The lowest BCUT2D eigenvalue weighted by Gasteiger charge is -2.17. The number of rotatable bonds is 7. The number of hydrogen-bond donors (Lipinski definition) is 3. The van der Waals surface area contributed by atoms with Crippen molar-refractivity contribution >= 4 is 53.3 Å². The minimum Gasteiger partial charge on any atom is -0.366 e. The maximum atomic E-state index is 12.0. The summed E-state index contributed by atoms with van der Waals surface area (Å²) in [5.41, 5.74) is 3.04. The molecule has 1 rings (SSSR count). The highest BCUT2D eigenvalue weighted by molar-refractivity contribution is 8.67. The van der Waals surface area contributed by atoms with E-state index in [2.05, 4.69) is 17.9 Å². The van der Waals surface area contributed by atoms with E-state index in [1.54, 1.807) is 6.07 Å². The van der Waals surface area contributed by atoms with Gasteiger partial charge in [0.2, 0.25) is 5.91 Å². The summed E-state index contributed by atoms with van der Waals surface area (Å²) in [5, 5.41) is 2.50. The molecule has 0 atom stereocenters. The first-order valence-electron chi connectivity index (χ1n) is 5.61. The van der Waals surface area contributed by atoms with E-state index < -0.39 is 17.5 Å². The van der Waals surface area contributed by atoms with Gasteiger partial charge in [-0.25, -0.2) is 0 Å². The maximum Gasteiger partial charge on any atom is 0.252 e. The van der Waals surface area contributed by atoms with Crippen LogP contribution in [0.3, 0.4) is 0 Å². The van der Waals surface area contributed by atoms with Crippen LogP contribution in [0, 0.1) is 0 Å². The molecule has 0 aromatic heterocycles. The molecule has 0 fully saturated rings. The molecule has 0 radical (unpaired) electrons. The lowest BCUT2D eigenvalue weighted by molar-refractivity contribution is 0.0941. The number of amides is 2.